The third-order valence-corrected chi connectivity index (χ3v) is 4.37. The van der Waals surface area contributed by atoms with E-state index in [9.17, 15) is 14.4 Å². The Hall–Kier alpha value is -2.23. The zero-order chi connectivity index (χ0) is 15.1. The number of aromatic nitrogens is 1. The van der Waals surface area contributed by atoms with Gasteiger partial charge in [0, 0.05) is 35.6 Å². The molecule has 1 atom stereocenters. The largest absolute Gasteiger partial charge is 0.347 e. The Labute approximate surface area is 122 Å². The molecule has 0 aliphatic heterocycles. The Morgan fingerprint density at radius 3 is 2.71 bits per heavy atom. The predicted molar refractivity (Wildman–Crippen MR) is 79.4 cm³/mol. The van der Waals surface area contributed by atoms with Crippen LogP contribution in [0.3, 0.4) is 0 Å². The molecule has 0 radical (unpaired) electrons. The molecule has 1 unspecified atom stereocenters. The highest BCUT2D eigenvalue weighted by atomic mass is 16.2. The van der Waals surface area contributed by atoms with Crippen molar-refractivity contribution in [1.29, 1.82) is 0 Å². The van der Waals surface area contributed by atoms with Gasteiger partial charge in [0.05, 0.1) is 5.92 Å². The molecule has 0 fully saturated rings. The molecule has 1 aliphatic rings. The van der Waals surface area contributed by atoms with E-state index in [1.807, 2.05) is 35.9 Å². The van der Waals surface area contributed by atoms with Gasteiger partial charge in [-0.1, -0.05) is 25.1 Å². The molecule has 108 valence electrons. The van der Waals surface area contributed by atoms with Gasteiger partial charge in [0.25, 0.3) is 0 Å². The van der Waals surface area contributed by atoms with Crippen molar-refractivity contribution >= 4 is 28.3 Å². The van der Waals surface area contributed by atoms with Crippen LogP contribution in [0, 0.1) is 5.92 Å². The Bertz CT molecular complexity index is 770. The van der Waals surface area contributed by atoms with E-state index in [1.54, 1.807) is 6.92 Å². The van der Waals surface area contributed by atoms with Crippen LogP contribution in [-0.2, 0) is 23.1 Å². The second-order valence-corrected chi connectivity index (χ2v) is 5.49. The number of hydrogen-bond acceptors (Lipinski definition) is 3. The van der Waals surface area contributed by atoms with Crippen LogP contribution in [0.15, 0.2) is 24.3 Å². The molecule has 0 amide bonds. The van der Waals surface area contributed by atoms with Crippen molar-refractivity contribution in [2.75, 3.05) is 0 Å². The number of rotatable bonds is 3. The average Bonchev–Trinajstić information content (AvgIpc) is 2.80. The van der Waals surface area contributed by atoms with E-state index in [1.165, 1.54) is 0 Å². The van der Waals surface area contributed by atoms with Crippen LogP contribution >= 0.6 is 0 Å². The Morgan fingerprint density at radius 1 is 1.29 bits per heavy atom. The molecule has 0 bridgehead atoms. The van der Waals surface area contributed by atoms with Gasteiger partial charge in [0.1, 0.15) is 0 Å². The summed E-state index contributed by atoms with van der Waals surface area (Å²) in [5, 5.41) is 0.876. The minimum atomic E-state index is -0.796. The van der Waals surface area contributed by atoms with Crippen LogP contribution in [0.1, 0.15) is 35.8 Å². The molecule has 1 aliphatic carbocycles. The molecule has 3 rings (SSSR count). The minimum absolute atomic E-state index is 0.158. The van der Waals surface area contributed by atoms with E-state index in [2.05, 4.69) is 0 Å². The first kappa shape index (κ1) is 13.7. The Balaban J connectivity index is 2.12. The van der Waals surface area contributed by atoms with Crippen molar-refractivity contribution in [1.82, 2.24) is 4.57 Å². The highest BCUT2D eigenvalue weighted by Gasteiger charge is 2.37. The first-order chi connectivity index (χ1) is 10.1. The van der Waals surface area contributed by atoms with Crippen molar-refractivity contribution < 1.29 is 14.4 Å². The van der Waals surface area contributed by atoms with Gasteiger partial charge in [-0.25, -0.2) is 0 Å². The van der Waals surface area contributed by atoms with Crippen molar-refractivity contribution in [3.63, 3.8) is 0 Å². The Morgan fingerprint density at radius 2 is 2.00 bits per heavy atom. The molecule has 21 heavy (non-hydrogen) atoms. The third kappa shape index (κ3) is 1.94. The van der Waals surface area contributed by atoms with Crippen LogP contribution in [-0.4, -0.2) is 21.9 Å². The summed E-state index contributed by atoms with van der Waals surface area (Å²) in [7, 11) is 1.94. The number of ketones is 3. The smallest absolute Gasteiger partial charge is 0.209 e. The number of para-hydroxylation sites is 1. The topological polar surface area (TPSA) is 56.1 Å². The van der Waals surface area contributed by atoms with E-state index in [0.29, 0.717) is 18.4 Å². The van der Waals surface area contributed by atoms with E-state index < -0.39 is 17.5 Å². The van der Waals surface area contributed by atoms with Gasteiger partial charge in [-0.2, -0.15) is 0 Å². The first-order valence-electron chi connectivity index (χ1n) is 7.23. The molecule has 1 aromatic carbocycles. The lowest BCUT2D eigenvalue weighted by Gasteiger charge is -2.20. The second kappa shape index (κ2) is 4.95. The summed E-state index contributed by atoms with van der Waals surface area (Å²) in [6.07, 6.45) is 1.24. The fourth-order valence-electron chi connectivity index (χ4n) is 3.22. The maximum atomic E-state index is 12.7. The van der Waals surface area contributed by atoms with E-state index in [4.69, 9.17) is 0 Å². The molecular formula is C17H17NO3. The number of benzene rings is 1. The zero-order valence-corrected chi connectivity index (χ0v) is 12.2. The molecular weight excluding hydrogens is 266 g/mol. The number of carbonyl (C=O) groups excluding carboxylic acids is 3. The molecule has 1 aromatic heterocycles. The van der Waals surface area contributed by atoms with Crippen molar-refractivity contribution in [2.45, 2.75) is 26.2 Å². The summed E-state index contributed by atoms with van der Waals surface area (Å²) in [6.45, 7) is 1.65. The third-order valence-electron chi connectivity index (χ3n) is 4.37. The fourth-order valence-corrected chi connectivity index (χ4v) is 3.22. The fraction of sp³-hybridized carbons (Fsp3) is 0.353. The molecule has 0 saturated heterocycles. The molecule has 4 heteroatoms. The minimum Gasteiger partial charge on any atom is -0.347 e. The lowest BCUT2D eigenvalue weighted by molar-refractivity contribution is -0.138. The van der Waals surface area contributed by atoms with Gasteiger partial charge >= 0.3 is 0 Å². The van der Waals surface area contributed by atoms with Crippen molar-refractivity contribution in [3.05, 3.63) is 35.5 Å². The lowest BCUT2D eigenvalue weighted by atomic mass is 9.81. The normalized spacial score (nSPS) is 17.8. The van der Waals surface area contributed by atoms with Gasteiger partial charge < -0.3 is 4.57 Å². The maximum absolute atomic E-state index is 12.7. The van der Waals surface area contributed by atoms with E-state index in [0.717, 1.165) is 16.6 Å². The lowest BCUT2D eigenvalue weighted by Crippen LogP contribution is -2.33. The van der Waals surface area contributed by atoms with Crippen LogP contribution in [0.5, 0.6) is 0 Å². The quantitative estimate of drug-likeness (QED) is 0.642. The number of Topliss-reactive ketones (excluding diaryl/α,β-unsaturated/α-hetero) is 3. The number of carbonyl (C=O) groups is 3. The number of fused-ring (bicyclic) bond motifs is 3. The molecule has 0 N–H and O–H groups in total. The van der Waals surface area contributed by atoms with Crippen molar-refractivity contribution in [3.8, 4) is 0 Å². The van der Waals surface area contributed by atoms with Gasteiger partial charge in [-0.05, 0) is 18.9 Å². The number of hydrogen-bond donors (Lipinski definition) is 0. The number of aryl methyl sites for hydroxylation is 1. The summed E-state index contributed by atoms with van der Waals surface area (Å²) in [5.41, 5.74) is 2.58. The SMILES string of the molecule is CCC(=O)C(=O)C1CCc2c(c3ccccc3n2C)C1=O. The summed E-state index contributed by atoms with van der Waals surface area (Å²) >= 11 is 0. The molecule has 0 spiro atoms. The monoisotopic (exact) mass is 283 g/mol. The summed E-state index contributed by atoms with van der Waals surface area (Å²) in [5.74, 6) is -1.96. The summed E-state index contributed by atoms with van der Waals surface area (Å²) < 4.78 is 2.02. The van der Waals surface area contributed by atoms with Gasteiger partial charge in [0.2, 0.25) is 5.78 Å². The maximum Gasteiger partial charge on any atom is 0.209 e. The van der Waals surface area contributed by atoms with Crippen LogP contribution < -0.4 is 0 Å². The summed E-state index contributed by atoms with van der Waals surface area (Å²) in [6, 6.07) is 7.69. The molecule has 4 nitrogen and oxygen atoms in total. The van der Waals surface area contributed by atoms with Gasteiger partial charge in [0.15, 0.2) is 11.6 Å². The molecule has 0 saturated carbocycles. The van der Waals surface area contributed by atoms with Crippen molar-refractivity contribution in [2.24, 2.45) is 13.0 Å². The summed E-state index contributed by atoms with van der Waals surface area (Å²) in [4.78, 5) is 36.5. The second-order valence-electron chi connectivity index (χ2n) is 5.49. The van der Waals surface area contributed by atoms with E-state index >= 15 is 0 Å². The highest BCUT2D eigenvalue weighted by Crippen LogP contribution is 2.34. The Kier molecular flexibility index (Phi) is 3.24. The first-order valence-corrected chi connectivity index (χ1v) is 7.23. The molecule has 2 aromatic rings. The molecule has 1 heterocycles. The van der Waals surface area contributed by atoms with Gasteiger partial charge in [-0.3, -0.25) is 14.4 Å². The zero-order valence-electron chi connectivity index (χ0n) is 12.2. The standard InChI is InChI=1S/C17H17NO3/c1-3-14(19)16(20)11-8-9-13-15(17(11)21)10-6-4-5-7-12(10)18(13)2/h4-7,11H,3,8-9H2,1-2H3. The average molecular weight is 283 g/mol. The van der Waals surface area contributed by atoms with Crippen LogP contribution in [0.25, 0.3) is 10.9 Å². The van der Waals surface area contributed by atoms with Gasteiger partial charge in [-0.15, -0.1) is 0 Å². The van der Waals surface area contributed by atoms with Crippen LogP contribution in [0.4, 0.5) is 0 Å². The van der Waals surface area contributed by atoms with E-state index in [-0.39, 0.29) is 12.2 Å². The number of nitrogens with zero attached hydrogens (tertiary/aromatic N) is 1. The highest BCUT2D eigenvalue weighted by molar-refractivity contribution is 6.43. The predicted octanol–water partition coefficient (Wildman–Crippen LogP) is 2.47. The van der Waals surface area contributed by atoms with Crippen LogP contribution in [0.2, 0.25) is 0 Å².